The van der Waals surface area contributed by atoms with Gasteiger partial charge in [-0.15, -0.1) is 0 Å². The summed E-state index contributed by atoms with van der Waals surface area (Å²) in [5.74, 6) is -3.74. The Morgan fingerprint density at radius 2 is 1.62 bits per heavy atom. The van der Waals surface area contributed by atoms with Gasteiger partial charge in [-0.05, 0) is 85.7 Å². The Morgan fingerprint density at radius 1 is 0.875 bits per heavy atom. The van der Waals surface area contributed by atoms with Crippen LogP contribution in [0.4, 0.5) is 10.1 Å². The molecule has 2 saturated heterocycles. The molecule has 0 aromatic heterocycles. The molecule has 334 valence electrons. The van der Waals surface area contributed by atoms with Crippen LogP contribution in [0, 0.1) is 17.7 Å². The molecule has 4 aromatic rings. The van der Waals surface area contributed by atoms with Gasteiger partial charge in [0.1, 0.15) is 12.6 Å². The minimum atomic E-state index is -1.02. The van der Waals surface area contributed by atoms with Gasteiger partial charge >= 0.3 is 0 Å². The Labute approximate surface area is 375 Å². The molecule has 4 aromatic carbocycles. The van der Waals surface area contributed by atoms with Gasteiger partial charge < -0.3 is 30.7 Å². The minimum absolute atomic E-state index is 0.0170. The number of fused-ring (bicyclic) bond motifs is 1. The van der Waals surface area contributed by atoms with E-state index in [0.29, 0.717) is 31.7 Å². The summed E-state index contributed by atoms with van der Waals surface area (Å²) in [5.41, 5.74) is 9.15. The second-order valence-corrected chi connectivity index (χ2v) is 17.3. The van der Waals surface area contributed by atoms with Gasteiger partial charge in [0.05, 0.1) is 23.3 Å². The van der Waals surface area contributed by atoms with E-state index in [4.69, 9.17) is 26.8 Å². The highest BCUT2D eigenvalue weighted by atomic mass is 35.5. The van der Waals surface area contributed by atoms with Crippen LogP contribution in [0.15, 0.2) is 78.9 Å². The molecule has 5 N–H and O–H groups in total. The summed E-state index contributed by atoms with van der Waals surface area (Å²) < 4.78 is 26.8. The molecule has 4 aliphatic rings. The average Bonchev–Trinajstić information content (AvgIpc) is 3.52. The summed E-state index contributed by atoms with van der Waals surface area (Å²) in [6.45, 7) is 2.78. The Balaban J connectivity index is 0.845. The highest BCUT2D eigenvalue weighted by Gasteiger charge is 2.45. The van der Waals surface area contributed by atoms with Gasteiger partial charge in [0.15, 0.2) is 11.6 Å². The molecule has 64 heavy (non-hydrogen) atoms. The van der Waals surface area contributed by atoms with Crippen molar-refractivity contribution in [2.24, 2.45) is 17.6 Å². The topological polar surface area (TPSA) is 189 Å². The number of carbonyl (C=O) groups excluding carboxylic acids is 6. The Kier molecular flexibility index (Phi) is 13.4. The number of nitrogens with one attached hydrogen (secondary N) is 3. The average molecular weight is 893 g/mol. The molecule has 0 bridgehead atoms. The highest BCUT2D eigenvalue weighted by Crippen LogP contribution is 2.40. The van der Waals surface area contributed by atoms with Crippen molar-refractivity contribution in [2.75, 3.05) is 51.4 Å². The molecule has 6 amide bonds. The van der Waals surface area contributed by atoms with Crippen LogP contribution in [0.1, 0.15) is 86.6 Å². The summed E-state index contributed by atoms with van der Waals surface area (Å²) in [4.78, 5) is 79.4. The smallest absolute Gasteiger partial charge is 0.262 e. The van der Waals surface area contributed by atoms with Gasteiger partial charge in [0.25, 0.3) is 11.8 Å². The van der Waals surface area contributed by atoms with Crippen LogP contribution in [0.5, 0.6) is 5.75 Å². The van der Waals surface area contributed by atoms with Gasteiger partial charge in [0, 0.05) is 85.3 Å². The first-order chi connectivity index (χ1) is 30.9. The standard InChI is InChI=1S/C48H50ClFN6O8/c1-63-19-20-64-40-17-14-34(44(51)58)42(43(40)50)36-21-30(9-15-38(36)49)37(28-5-3-2-4-6-28)24-52-31-10-7-29(8-11-31)45(59)53-23-27-25-55(26-27)32-12-13-33-35(22-32)48(62)56(47(33)61)39-16-18-41(57)54-46(39)60/h2-6,9,12-15,17,21-22,27,29,31,37,39,52H,7-8,10-11,16,18-20,23-26H2,1H3,(H2,51,58)(H,53,59)(H,54,57,60). The summed E-state index contributed by atoms with van der Waals surface area (Å²) in [6.07, 6.45) is 3.25. The summed E-state index contributed by atoms with van der Waals surface area (Å²) >= 11 is 6.72. The molecule has 14 nitrogen and oxygen atoms in total. The Morgan fingerprint density at radius 3 is 2.34 bits per heavy atom. The molecule has 1 saturated carbocycles. The van der Waals surface area contributed by atoms with Gasteiger partial charge in [-0.3, -0.25) is 39.0 Å². The number of methoxy groups -OCH3 is 1. The van der Waals surface area contributed by atoms with E-state index in [1.54, 1.807) is 24.3 Å². The van der Waals surface area contributed by atoms with Crippen molar-refractivity contribution in [3.05, 3.63) is 118 Å². The third-order valence-corrected chi connectivity index (χ3v) is 13.1. The maximum Gasteiger partial charge on any atom is 0.262 e. The molecule has 0 spiro atoms. The van der Waals surface area contributed by atoms with Crippen LogP contribution in [0.2, 0.25) is 5.02 Å². The molecular weight excluding hydrogens is 843 g/mol. The van der Waals surface area contributed by atoms with Crippen molar-refractivity contribution < 1.29 is 42.6 Å². The third-order valence-electron chi connectivity index (χ3n) is 12.8. The number of hydrogen-bond donors (Lipinski definition) is 4. The molecule has 3 fully saturated rings. The number of hydrogen-bond acceptors (Lipinski definition) is 10. The SMILES string of the molecule is COCCOc1ccc(C(N)=O)c(-c2cc(C(CNC3CCC(C(=O)NCC4CN(c5ccc6c(c5)C(=O)N(C5CCC(=O)NC5=O)C6=O)C4)CC3)c3ccccc3)ccc2Cl)c1F. The zero-order chi connectivity index (χ0) is 45.1. The minimum Gasteiger partial charge on any atom is -0.488 e. The van der Waals surface area contributed by atoms with E-state index in [-0.39, 0.29) is 88.8 Å². The van der Waals surface area contributed by atoms with Crippen molar-refractivity contribution in [2.45, 2.75) is 56.5 Å². The van der Waals surface area contributed by atoms with Crippen molar-refractivity contribution in [1.82, 2.24) is 20.9 Å². The number of primary amides is 1. The second-order valence-electron chi connectivity index (χ2n) is 16.9. The van der Waals surface area contributed by atoms with E-state index in [1.165, 1.54) is 19.2 Å². The first-order valence-electron chi connectivity index (χ1n) is 21.6. The summed E-state index contributed by atoms with van der Waals surface area (Å²) in [6, 6.07) is 22.4. The van der Waals surface area contributed by atoms with Crippen molar-refractivity contribution in [3.8, 4) is 16.9 Å². The Bertz CT molecular complexity index is 2470. The van der Waals surface area contributed by atoms with E-state index in [0.717, 1.165) is 47.4 Å². The van der Waals surface area contributed by atoms with Crippen LogP contribution < -0.4 is 31.3 Å². The maximum absolute atomic E-state index is 16.1. The normalized spacial score (nSPS) is 20.4. The van der Waals surface area contributed by atoms with Crippen molar-refractivity contribution in [3.63, 3.8) is 0 Å². The number of rotatable bonds is 16. The van der Waals surface area contributed by atoms with E-state index in [2.05, 4.69) is 20.9 Å². The molecule has 3 aliphatic heterocycles. The first kappa shape index (κ1) is 44.4. The van der Waals surface area contributed by atoms with Crippen LogP contribution in [0.25, 0.3) is 11.1 Å². The number of benzene rings is 4. The van der Waals surface area contributed by atoms with E-state index < -0.39 is 41.4 Å². The number of halogens is 2. The third kappa shape index (κ3) is 9.24. The molecule has 1 aliphatic carbocycles. The number of ether oxygens (including phenoxy) is 2. The van der Waals surface area contributed by atoms with Crippen molar-refractivity contribution >= 4 is 52.7 Å². The quantitative estimate of drug-likeness (QED) is 0.0860. The zero-order valence-corrected chi connectivity index (χ0v) is 36.1. The van der Waals surface area contributed by atoms with Crippen LogP contribution in [0.3, 0.4) is 0 Å². The molecule has 0 radical (unpaired) electrons. The fourth-order valence-corrected chi connectivity index (χ4v) is 9.45. The number of piperidine rings is 1. The summed E-state index contributed by atoms with van der Waals surface area (Å²) in [7, 11) is 1.52. The number of nitrogens with zero attached hydrogens (tertiary/aromatic N) is 2. The number of nitrogens with two attached hydrogens (primary N) is 1. The van der Waals surface area contributed by atoms with Crippen LogP contribution in [-0.4, -0.2) is 98.9 Å². The van der Waals surface area contributed by atoms with E-state index in [1.807, 2.05) is 42.5 Å². The fraction of sp³-hybridized carbons (Fsp3) is 0.375. The molecule has 8 rings (SSSR count). The van der Waals surface area contributed by atoms with Crippen LogP contribution in [-0.2, 0) is 19.1 Å². The van der Waals surface area contributed by atoms with Gasteiger partial charge in [-0.1, -0.05) is 48.0 Å². The predicted molar refractivity (Wildman–Crippen MR) is 237 cm³/mol. The lowest BCUT2D eigenvalue weighted by Crippen LogP contribution is -2.54. The maximum atomic E-state index is 16.1. The van der Waals surface area contributed by atoms with Crippen molar-refractivity contribution in [1.29, 1.82) is 0 Å². The van der Waals surface area contributed by atoms with Gasteiger partial charge in [0.2, 0.25) is 23.6 Å². The lowest BCUT2D eigenvalue weighted by molar-refractivity contribution is -0.136. The zero-order valence-electron chi connectivity index (χ0n) is 35.4. The summed E-state index contributed by atoms with van der Waals surface area (Å²) in [5, 5.41) is 9.37. The number of amides is 6. The van der Waals surface area contributed by atoms with Crippen LogP contribution >= 0.6 is 11.6 Å². The molecule has 16 heteroatoms. The molecule has 2 atom stereocenters. The monoisotopic (exact) mass is 892 g/mol. The molecule has 3 heterocycles. The van der Waals surface area contributed by atoms with E-state index >= 15 is 4.39 Å². The highest BCUT2D eigenvalue weighted by molar-refractivity contribution is 6.33. The second kappa shape index (κ2) is 19.3. The predicted octanol–water partition coefficient (Wildman–Crippen LogP) is 5.20. The van der Waals surface area contributed by atoms with E-state index in [9.17, 15) is 28.8 Å². The number of imide groups is 2. The molecule has 2 unspecified atom stereocenters. The van der Waals surface area contributed by atoms with Gasteiger partial charge in [-0.2, -0.15) is 0 Å². The first-order valence-corrected chi connectivity index (χ1v) is 22.0. The Hall–Kier alpha value is -6.16. The largest absolute Gasteiger partial charge is 0.488 e. The number of anilines is 1. The lowest BCUT2D eigenvalue weighted by atomic mass is 9.84. The molecular formula is C48H50ClFN6O8. The lowest BCUT2D eigenvalue weighted by Gasteiger charge is -2.41. The number of carbonyl (C=O) groups is 6. The van der Waals surface area contributed by atoms with Gasteiger partial charge in [-0.25, -0.2) is 4.39 Å². The fourth-order valence-electron chi connectivity index (χ4n) is 9.24.